The lowest BCUT2D eigenvalue weighted by Crippen LogP contribution is -2.23. The van der Waals surface area contributed by atoms with E-state index in [1.807, 2.05) is 0 Å². The first-order chi connectivity index (χ1) is 11.7. The van der Waals surface area contributed by atoms with Crippen LogP contribution >= 0.6 is 11.8 Å². The summed E-state index contributed by atoms with van der Waals surface area (Å²) in [5, 5.41) is 10.7. The predicted octanol–water partition coefficient (Wildman–Crippen LogP) is 3.48. The topological polar surface area (TPSA) is 43.2 Å². The molecule has 4 nitrogen and oxygen atoms in total. The van der Waals surface area contributed by atoms with Gasteiger partial charge >= 0.3 is 0 Å². The van der Waals surface area contributed by atoms with Crippen LogP contribution in [0.4, 0.5) is 5.82 Å². The van der Waals surface area contributed by atoms with Gasteiger partial charge in [0.1, 0.15) is 16.9 Å². The van der Waals surface area contributed by atoms with Gasteiger partial charge in [0.2, 0.25) is 0 Å². The number of rotatable bonds is 6. The second kappa shape index (κ2) is 8.22. The second-order valence-corrected chi connectivity index (χ2v) is 8.17. The van der Waals surface area contributed by atoms with Crippen LogP contribution in [0.25, 0.3) is 0 Å². The van der Waals surface area contributed by atoms with E-state index in [0.29, 0.717) is 0 Å². The summed E-state index contributed by atoms with van der Waals surface area (Å²) in [4.78, 5) is 9.67. The van der Waals surface area contributed by atoms with E-state index >= 15 is 0 Å². The lowest BCUT2D eigenvalue weighted by Gasteiger charge is -2.27. The minimum atomic E-state index is 0.863. The van der Waals surface area contributed by atoms with Gasteiger partial charge in [-0.25, -0.2) is 4.98 Å². The average molecular weight is 345 g/mol. The lowest BCUT2D eigenvalue weighted by molar-refractivity contribution is 0.410. The van der Waals surface area contributed by atoms with E-state index in [1.165, 1.54) is 42.6 Å². The molecule has 3 rings (SSSR count). The lowest BCUT2D eigenvalue weighted by atomic mass is 9.89. The third kappa shape index (κ3) is 3.87. The van der Waals surface area contributed by atoms with Crippen LogP contribution in [0.5, 0.6) is 0 Å². The van der Waals surface area contributed by atoms with Crippen molar-refractivity contribution in [3.05, 3.63) is 16.7 Å². The molecule has 1 saturated heterocycles. The van der Waals surface area contributed by atoms with Crippen molar-refractivity contribution in [1.29, 1.82) is 5.26 Å². The van der Waals surface area contributed by atoms with E-state index < -0.39 is 0 Å². The summed E-state index contributed by atoms with van der Waals surface area (Å²) >= 11 is 1.77. The van der Waals surface area contributed by atoms with Crippen molar-refractivity contribution in [2.45, 2.75) is 50.0 Å². The molecule has 0 saturated carbocycles. The minimum absolute atomic E-state index is 0.863. The largest absolute Gasteiger partial charge is 0.356 e. The molecule has 2 heterocycles. The molecule has 0 aromatic carbocycles. The van der Waals surface area contributed by atoms with Gasteiger partial charge < -0.3 is 9.80 Å². The normalized spacial score (nSPS) is 17.2. The van der Waals surface area contributed by atoms with Crippen LogP contribution in [0.3, 0.4) is 0 Å². The Labute approximate surface area is 150 Å². The quantitative estimate of drug-likeness (QED) is 0.584. The maximum Gasteiger partial charge on any atom is 0.133 e. The number of hydrogen-bond donors (Lipinski definition) is 0. The van der Waals surface area contributed by atoms with E-state index in [1.54, 1.807) is 11.8 Å². The molecule has 0 atom stereocenters. The molecule has 0 spiro atoms. The van der Waals surface area contributed by atoms with Crippen molar-refractivity contribution >= 4 is 17.6 Å². The van der Waals surface area contributed by atoms with Crippen LogP contribution < -0.4 is 4.90 Å². The standard InChI is InChI=1S/C19H28N4S/c1-22(2)10-7-13-24-19-17(14-20)15-8-3-4-9-16(15)18(21-19)23-11-5-6-12-23/h3-13H2,1-2H3. The molecular formula is C19H28N4S. The highest BCUT2D eigenvalue weighted by molar-refractivity contribution is 7.99. The van der Waals surface area contributed by atoms with Gasteiger partial charge in [-0.15, -0.1) is 11.8 Å². The van der Waals surface area contributed by atoms with Crippen molar-refractivity contribution in [3.8, 4) is 6.07 Å². The maximum atomic E-state index is 9.75. The average Bonchev–Trinajstić information content (AvgIpc) is 3.12. The highest BCUT2D eigenvalue weighted by Gasteiger charge is 2.26. The first-order valence-corrected chi connectivity index (χ1v) is 10.2. The molecule has 1 fully saturated rings. The molecular weight excluding hydrogens is 316 g/mol. The van der Waals surface area contributed by atoms with Gasteiger partial charge in [0.15, 0.2) is 0 Å². The van der Waals surface area contributed by atoms with Crippen LogP contribution in [0.1, 0.15) is 48.8 Å². The first kappa shape index (κ1) is 17.6. The smallest absolute Gasteiger partial charge is 0.133 e. The summed E-state index contributed by atoms with van der Waals surface area (Å²) in [6.45, 7) is 3.32. The molecule has 1 aliphatic carbocycles. The van der Waals surface area contributed by atoms with E-state index in [4.69, 9.17) is 4.98 Å². The molecule has 24 heavy (non-hydrogen) atoms. The van der Waals surface area contributed by atoms with Gasteiger partial charge in [0, 0.05) is 18.8 Å². The molecule has 2 aliphatic rings. The van der Waals surface area contributed by atoms with Crippen molar-refractivity contribution in [3.63, 3.8) is 0 Å². The highest BCUT2D eigenvalue weighted by atomic mass is 32.2. The number of thioether (sulfide) groups is 1. The predicted molar refractivity (Wildman–Crippen MR) is 101 cm³/mol. The Morgan fingerprint density at radius 3 is 2.50 bits per heavy atom. The molecule has 0 amide bonds. The monoisotopic (exact) mass is 344 g/mol. The van der Waals surface area contributed by atoms with Crippen molar-refractivity contribution in [1.82, 2.24) is 9.88 Å². The van der Waals surface area contributed by atoms with Crippen LogP contribution in [-0.4, -0.2) is 49.4 Å². The Hall–Kier alpha value is -1.25. The molecule has 1 aromatic heterocycles. The van der Waals surface area contributed by atoms with Gasteiger partial charge in [-0.1, -0.05) is 0 Å². The fourth-order valence-corrected chi connectivity index (χ4v) is 4.67. The summed E-state index contributed by atoms with van der Waals surface area (Å²) in [7, 11) is 4.21. The molecule has 0 unspecified atom stereocenters. The number of nitriles is 1. The Bertz CT molecular complexity index is 615. The summed E-state index contributed by atoms with van der Waals surface area (Å²) in [6, 6.07) is 2.48. The van der Waals surface area contributed by atoms with Gasteiger partial charge in [0.25, 0.3) is 0 Å². The Kier molecular flexibility index (Phi) is 6.02. The molecule has 0 N–H and O–H groups in total. The van der Waals surface area contributed by atoms with Gasteiger partial charge in [0.05, 0.1) is 5.56 Å². The zero-order valence-corrected chi connectivity index (χ0v) is 15.8. The van der Waals surface area contributed by atoms with Gasteiger partial charge in [-0.3, -0.25) is 0 Å². The molecule has 1 aliphatic heterocycles. The van der Waals surface area contributed by atoms with E-state index in [0.717, 1.165) is 55.2 Å². The summed E-state index contributed by atoms with van der Waals surface area (Å²) < 4.78 is 0. The van der Waals surface area contributed by atoms with Crippen LogP contribution in [0, 0.1) is 11.3 Å². The van der Waals surface area contributed by atoms with Crippen LogP contribution in [0.2, 0.25) is 0 Å². The Balaban J connectivity index is 1.89. The first-order valence-electron chi connectivity index (χ1n) is 9.19. The Morgan fingerprint density at radius 1 is 1.12 bits per heavy atom. The third-order valence-electron chi connectivity index (χ3n) is 4.97. The maximum absolute atomic E-state index is 9.75. The zero-order chi connectivity index (χ0) is 16.9. The van der Waals surface area contributed by atoms with E-state index in [-0.39, 0.29) is 0 Å². The fraction of sp³-hybridized carbons (Fsp3) is 0.684. The number of pyridine rings is 1. The number of nitrogens with zero attached hydrogens (tertiary/aromatic N) is 4. The molecule has 0 radical (unpaired) electrons. The SMILES string of the molecule is CN(C)CCCSc1nc(N2CCCC2)c2c(c1C#N)CCCC2. The van der Waals surface area contributed by atoms with Crippen molar-refractivity contribution < 1.29 is 0 Å². The molecule has 5 heteroatoms. The summed E-state index contributed by atoms with van der Waals surface area (Å²) in [5.41, 5.74) is 3.54. The number of aromatic nitrogens is 1. The highest BCUT2D eigenvalue weighted by Crippen LogP contribution is 2.37. The third-order valence-corrected chi connectivity index (χ3v) is 6.03. The zero-order valence-electron chi connectivity index (χ0n) is 15.0. The molecule has 130 valence electrons. The number of anilines is 1. The second-order valence-electron chi connectivity index (χ2n) is 7.09. The Morgan fingerprint density at radius 2 is 1.83 bits per heavy atom. The molecule has 0 bridgehead atoms. The number of fused-ring (bicyclic) bond motifs is 1. The van der Waals surface area contributed by atoms with Crippen molar-refractivity contribution in [2.24, 2.45) is 0 Å². The summed E-state index contributed by atoms with van der Waals surface area (Å²) in [5.74, 6) is 2.22. The minimum Gasteiger partial charge on any atom is -0.356 e. The van der Waals surface area contributed by atoms with Crippen LogP contribution in [0.15, 0.2) is 5.03 Å². The van der Waals surface area contributed by atoms with E-state index in [2.05, 4.69) is 30.0 Å². The fourth-order valence-electron chi connectivity index (χ4n) is 3.74. The van der Waals surface area contributed by atoms with Gasteiger partial charge in [-0.2, -0.15) is 5.26 Å². The summed E-state index contributed by atoms with van der Waals surface area (Å²) in [6.07, 6.45) is 8.23. The van der Waals surface area contributed by atoms with Gasteiger partial charge in [-0.05, 0) is 76.7 Å². The van der Waals surface area contributed by atoms with Crippen LogP contribution in [-0.2, 0) is 12.8 Å². The van der Waals surface area contributed by atoms with Crippen molar-refractivity contribution in [2.75, 3.05) is 44.4 Å². The van der Waals surface area contributed by atoms with E-state index in [9.17, 15) is 5.26 Å². The number of hydrogen-bond acceptors (Lipinski definition) is 5. The molecule has 1 aromatic rings.